The number of nitrogens with one attached hydrogen (secondary N) is 1. The lowest BCUT2D eigenvalue weighted by Gasteiger charge is -2.21. The Kier molecular flexibility index (Phi) is 5.28. The molecule has 1 aliphatic carbocycles. The fourth-order valence-electron chi connectivity index (χ4n) is 4.00. The second-order valence-electron chi connectivity index (χ2n) is 7.29. The summed E-state index contributed by atoms with van der Waals surface area (Å²) >= 11 is 0. The van der Waals surface area contributed by atoms with Crippen molar-refractivity contribution >= 4 is 17.8 Å². The van der Waals surface area contributed by atoms with E-state index >= 15 is 0 Å². The van der Waals surface area contributed by atoms with Gasteiger partial charge in [-0.1, -0.05) is 0 Å². The van der Waals surface area contributed by atoms with E-state index in [4.69, 9.17) is 9.84 Å². The Morgan fingerprint density at radius 1 is 1.34 bits per heavy atom. The summed E-state index contributed by atoms with van der Waals surface area (Å²) in [5.74, 6) is 1.19. The first kappa shape index (κ1) is 19.1. The maximum atomic E-state index is 14.0. The molecule has 1 aliphatic heterocycles. The molecule has 3 heterocycles. The molecular formula is C20H22FN5O3. The van der Waals surface area contributed by atoms with Crippen LogP contribution in [0.25, 0.3) is 6.08 Å². The van der Waals surface area contributed by atoms with Gasteiger partial charge in [0, 0.05) is 38.0 Å². The number of methoxy groups -OCH3 is 1. The van der Waals surface area contributed by atoms with E-state index in [1.807, 2.05) is 4.90 Å². The van der Waals surface area contributed by atoms with Crippen LogP contribution in [0.5, 0.6) is 11.9 Å². The first-order chi connectivity index (χ1) is 14.0. The molecule has 152 valence electrons. The van der Waals surface area contributed by atoms with Gasteiger partial charge in [-0.15, -0.1) is 0 Å². The summed E-state index contributed by atoms with van der Waals surface area (Å²) < 4.78 is 19.0. The first-order valence-corrected chi connectivity index (χ1v) is 9.47. The third-order valence-electron chi connectivity index (χ3n) is 5.53. The molecule has 0 bridgehead atoms. The van der Waals surface area contributed by atoms with Crippen LogP contribution in [-0.2, 0) is 4.79 Å². The minimum Gasteiger partial charge on any atom is -0.493 e. The molecule has 1 saturated heterocycles. The molecule has 2 fully saturated rings. The van der Waals surface area contributed by atoms with E-state index in [9.17, 15) is 9.18 Å². The van der Waals surface area contributed by atoms with Crippen molar-refractivity contribution in [2.75, 3.05) is 31.6 Å². The van der Waals surface area contributed by atoms with E-state index < -0.39 is 5.82 Å². The molecule has 2 aliphatic rings. The lowest BCUT2D eigenvalue weighted by atomic mass is 10.2. The van der Waals surface area contributed by atoms with E-state index in [1.54, 1.807) is 12.1 Å². The topological polar surface area (TPSA) is 100 Å². The zero-order valence-electron chi connectivity index (χ0n) is 16.0. The summed E-state index contributed by atoms with van der Waals surface area (Å²) in [7, 11) is 1.46. The number of nitrogens with zero attached hydrogens (tertiary/aromatic N) is 4. The van der Waals surface area contributed by atoms with Crippen molar-refractivity contribution in [2.45, 2.75) is 6.42 Å². The average Bonchev–Trinajstić information content (AvgIpc) is 3.17. The van der Waals surface area contributed by atoms with Crippen LogP contribution in [-0.4, -0.2) is 52.7 Å². The predicted octanol–water partition coefficient (Wildman–Crippen LogP) is 1.63. The lowest BCUT2D eigenvalue weighted by Crippen LogP contribution is -2.28. The highest BCUT2D eigenvalue weighted by atomic mass is 19.1. The number of pyridine rings is 1. The van der Waals surface area contributed by atoms with Gasteiger partial charge >= 0.3 is 6.01 Å². The van der Waals surface area contributed by atoms with Crippen LogP contribution < -0.4 is 15.0 Å². The third-order valence-corrected chi connectivity index (χ3v) is 5.53. The molecule has 0 unspecified atom stereocenters. The Labute approximate surface area is 167 Å². The van der Waals surface area contributed by atoms with E-state index in [2.05, 4.69) is 20.3 Å². The van der Waals surface area contributed by atoms with Crippen LogP contribution in [0.1, 0.15) is 12.0 Å². The van der Waals surface area contributed by atoms with Gasteiger partial charge in [0.05, 0.1) is 13.3 Å². The van der Waals surface area contributed by atoms with Crippen molar-refractivity contribution in [3.63, 3.8) is 0 Å². The fourth-order valence-corrected chi connectivity index (χ4v) is 4.00. The summed E-state index contributed by atoms with van der Waals surface area (Å²) in [6.07, 6.45) is 6.64. The van der Waals surface area contributed by atoms with Crippen molar-refractivity contribution in [2.24, 2.45) is 17.8 Å². The number of amides is 1. The molecule has 9 heteroatoms. The van der Waals surface area contributed by atoms with Crippen LogP contribution in [0.3, 0.4) is 0 Å². The number of rotatable bonds is 7. The van der Waals surface area contributed by atoms with E-state index in [1.165, 1.54) is 25.4 Å². The average molecular weight is 399 g/mol. The largest absolute Gasteiger partial charge is 0.493 e. The van der Waals surface area contributed by atoms with E-state index in [-0.39, 0.29) is 17.8 Å². The summed E-state index contributed by atoms with van der Waals surface area (Å²) in [5.41, 5.74) is 0.739. The Bertz CT molecular complexity index is 909. The zero-order valence-corrected chi connectivity index (χ0v) is 16.0. The molecule has 3 atom stereocenters. The molecule has 0 spiro atoms. The predicted molar refractivity (Wildman–Crippen MR) is 104 cm³/mol. The van der Waals surface area contributed by atoms with Crippen LogP contribution in [0.15, 0.2) is 30.6 Å². The fraction of sp³-hybridized carbons (Fsp3) is 0.400. The number of halogens is 1. The quantitative estimate of drug-likeness (QED) is 0.683. The molecule has 8 nitrogen and oxygen atoms in total. The number of anilines is 1. The minimum atomic E-state index is -0.438. The van der Waals surface area contributed by atoms with Gasteiger partial charge in [-0.05, 0) is 41.9 Å². The molecule has 1 amide bonds. The number of hydrogen-bond donors (Lipinski definition) is 2. The second kappa shape index (κ2) is 8.02. The second-order valence-corrected chi connectivity index (χ2v) is 7.29. The molecule has 2 N–H and O–H groups in total. The summed E-state index contributed by atoms with van der Waals surface area (Å²) in [4.78, 5) is 25.5. The van der Waals surface area contributed by atoms with Crippen molar-refractivity contribution in [1.29, 1.82) is 0 Å². The van der Waals surface area contributed by atoms with Crippen LogP contribution >= 0.6 is 0 Å². The number of ether oxygens (including phenoxy) is 1. The van der Waals surface area contributed by atoms with Crippen LogP contribution in [0, 0.1) is 23.6 Å². The molecule has 2 aromatic rings. The molecule has 1 saturated carbocycles. The van der Waals surface area contributed by atoms with Gasteiger partial charge < -0.3 is 20.1 Å². The lowest BCUT2D eigenvalue weighted by molar-refractivity contribution is -0.116. The van der Waals surface area contributed by atoms with Gasteiger partial charge in [-0.25, -0.2) is 14.4 Å². The maximum absolute atomic E-state index is 14.0. The summed E-state index contributed by atoms with van der Waals surface area (Å²) in [6, 6.07) is 3.31. The number of aromatic nitrogens is 3. The van der Waals surface area contributed by atoms with Crippen LogP contribution in [0.4, 0.5) is 10.2 Å². The number of aromatic hydroxyl groups is 1. The van der Waals surface area contributed by atoms with Crippen molar-refractivity contribution in [3.05, 3.63) is 42.0 Å². The van der Waals surface area contributed by atoms with Crippen molar-refractivity contribution in [1.82, 2.24) is 20.3 Å². The minimum absolute atomic E-state index is 0.0539. The highest BCUT2D eigenvalue weighted by Gasteiger charge is 2.55. The van der Waals surface area contributed by atoms with Gasteiger partial charge in [0.2, 0.25) is 11.8 Å². The van der Waals surface area contributed by atoms with Gasteiger partial charge in [0.25, 0.3) is 0 Å². The molecule has 0 radical (unpaired) electrons. The number of piperidine rings is 1. The number of fused-ring (bicyclic) bond motifs is 1. The molecule has 0 aromatic carbocycles. The smallest absolute Gasteiger partial charge is 0.318 e. The van der Waals surface area contributed by atoms with Gasteiger partial charge in [-0.2, -0.15) is 4.98 Å². The highest BCUT2D eigenvalue weighted by Crippen LogP contribution is 2.54. The maximum Gasteiger partial charge on any atom is 0.318 e. The van der Waals surface area contributed by atoms with Gasteiger partial charge in [0.15, 0.2) is 11.6 Å². The third kappa shape index (κ3) is 4.28. The standard InChI is InChI=1S/C20H22FN5O3/c1-29-20-24-9-16(21)19(25-20)26-10-14-13(15(14)11-26)6-7-22-17(27)4-2-12-3-5-18(28)23-8-12/h2-5,8-9,13-15H,6-7,10-11H2,1H3,(H,22,27)(H,23,28)/b4-2+/t13-,14-,15+. The summed E-state index contributed by atoms with van der Waals surface area (Å²) in [5, 5.41) is 12.0. The van der Waals surface area contributed by atoms with Crippen molar-refractivity contribution in [3.8, 4) is 11.9 Å². The Hall–Kier alpha value is -3.23. The summed E-state index contributed by atoms with van der Waals surface area (Å²) in [6.45, 7) is 2.12. The number of carbonyl (C=O) groups excluding carboxylic acids is 1. The molecule has 4 rings (SSSR count). The van der Waals surface area contributed by atoms with Crippen molar-refractivity contribution < 1.29 is 19.0 Å². The molecule has 2 aromatic heterocycles. The Balaban J connectivity index is 1.20. The zero-order chi connectivity index (χ0) is 20.4. The Morgan fingerprint density at radius 3 is 2.83 bits per heavy atom. The number of carbonyl (C=O) groups is 1. The first-order valence-electron chi connectivity index (χ1n) is 9.47. The van der Waals surface area contributed by atoms with Crippen LogP contribution in [0.2, 0.25) is 0 Å². The number of hydrogen-bond acceptors (Lipinski definition) is 7. The normalized spacial score (nSPS) is 22.6. The molecular weight excluding hydrogens is 377 g/mol. The monoisotopic (exact) mass is 399 g/mol. The highest BCUT2D eigenvalue weighted by molar-refractivity contribution is 5.91. The van der Waals surface area contributed by atoms with Gasteiger partial charge in [0.1, 0.15) is 0 Å². The Morgan fingerprint density at radius 2 is 2.14 bits per heavy atom. The SMILES string of the molecule is COc1ncc(F)c(N2C[C@@H]3[C@@H](CCNC(=O)/C=C/c4ccc(O)nc4)[C@@H]3C2)n1. The van der Waals surface area contributed by atoms with E-state index in [0.29, 0.717) is 30.1 Å². The van der Waals surface area contributed by atoms with E-state index in [0.717, 1.165) is 31.3 Å². The van der Waals surface area contributed by atoms with Gasteiger partial charge in [-0.3, -0.25) is 4.79 Å². The molecule has 29 heavy (non-hydrogen) atoms.